The summed E-state index contributed by atoms with van der Waals surface area (Å²) in [5, 5.41) is 10.5. The summed E-state index contributed by atoms with van der Waals surface area (Å²) in [5.74, 6) is -0.565. The SMILES string of the molecule is CCC(C)CCC(C(=O)O)c1c[nH]c2ccccc12. The average Bonchev–Trinajstić information content (AvgIpc) is 2.82. The fraction of sp³-hybridized carbons (Fsp3) is 0.438. The highest BCUT2D eigenvalue weighted by molar-refractivity contribution is 5.89. The Labute approximate surface area is 113 Å². The maximum absolute atomic E-state index is 11.5. The number of aromatic amines is 1. The van der Waals surface area contributed by atoms with Crippen LogP contribution in [0.4, 0.5) is 0 Å². The Hall–Kier alpha value is -1.77. The van der Waals surface area contributed by atoms with Crippen molar-refractivity contribution >= 4 is 16.9 Å². The van der Waals surface area contributed by atoms with Crippen LogP contribution in [0, 0.1) is 5.92 Å². The first kappa shape index (κ1) is 13.7. The van der Waals surface area contributed by atoms with Crippen molar-refractivity contribution < 1.29 is 9.90 Å². The number of aromatic nitrogens is 1. The van der Waals surface area contributed by atoms with Gasteiger partial charge in [0.15, 0.2) is 0 Å². The van der Waals surface area contributed by atoms with Gasteiger partial charge in [0.2, 0.25) is 0 Å². The van der Waals surface area contributed by atoms with Gasteiger partial charge in [0.1, 0.15) is 0 Å². The van der Waals surface area contributed by atoms with Gasteiger partial charge in [0.25, 0.3) is 0 Å². The number of hydrogen-bond acceptors (Lipinski definition) is 1. The molecule has 0 fully saturated rings. The first-order chi connectivity index (χ1) is 9.13. The molecule has 1 heterocycles. The summed E-state index contributed by atoms with van der Waals surface area (Å²) in [6.07, 6.45) is 4.60. The number of para-hydroxylation sites is 1. The van der Waals surface area contributed by atoms with Crippen molar-refractivity contribution in [2.45, 2.75) is 39.0 Å². The van der Waals surface area contributed by atoms with Crippen molar-refractivity contribution in [3.8, 4) is 0 Å². The zero-order valence-corrected chi connectivity index (χ0v) is 11.5. The van der Waals surface area contributed by atoms with E-state index in [9.17, 15) is 9.90 Å². The van der Waals surface area contributed by atoms with E-state index >= 15 is 0 Å². The monoisotopic (exact) mass is 259 g/mol. The van der Waals surface area contributed by atoms with Crippen molar-refractivity contribution in [3.05, 3.63) is 36.0 Å². The molecule has 102 valence electrons. The molecular formula is C16H21NO2. The van der Waals surface area contributed by atoms with Crippen LogP contribution in [0.1, 0.15) is 44.6 Å². The minimum Gasteiger partial charge on any atom is -0.481 e. The molecule has 0 aliphatic carbocycles. The van der Waals surface area contributed by atoms with E-state index in [1.807, 2.05) is 30.5 Å². The molecule has 2 aromatic rings. The van der Waals surface area contributed by atoms with Gasteiger partial charge in [-0.15, -0.1) is 0 Å². The van der Waals surface area contributed by atoms with Crippen molar-refractivity contribution in [1.29, 1.82) is 0 Å². The normalized spacial score (nSPS) is 14.4. The molecular weight excluding hydrogens is 238 g/mol. The molecule has 0 saturated carbocycles. The Morgan fingerprint density at radius 1 is 1.32 bits per heavy atom. The van der Waals surface area contributed by atoms with Gasteiger partial charge in [-0.2, -0.15) is 0 Å². The van der Waals surface area contributed by atoms with Crippen LogP contribution in [-0.2, 0) is 4.79 Å². The minimum absolute atomic E-state index is 0.412. The maximum atomic E-state index is 11.5. The van der Waals surface area contributed by atoms with Crippen LogP contribution in [0.25, 0.3) is 10.9 Å². The number of hydrogen-bond donors (Lipinski definition) is 2. The highest BCUT2D eigenvalue weighted by Crippen LogP contribution is 2.30. The molecule has 0 radical (unpaired) electrons. The van der Waals surface area contributed by atoms with Crippen LogP contribution >= 0.6 is 0 Å². The standard InChI is InChI=1S/C16H21NO2/c1-3-11(2)8-9-13(16(18)19)14-10-17-15-7-5-4-6-12(14)15/h4-7,10-11,13,17H,3,8-9H2,1-2H3,(H,18,19). The number of H-pyrrole nitrogens is 1. The van der Waals surface area contributed by atoms with Crippen molar-refractivity contribution in [1.82, 2.24) is 4.98 Å². The highest BCUT2D eigenvalue weighted by atomic mass is 16.4. The molecule has 1 aromatic heterocycles. The van der Waals surface area contributed by atoms with Gasteiger partial charge in [-0.3, -0.25) is 4.79 Å². The number of carboxylic acid groups (broad SMARTS) is 1. The number of carboxylic acids is 1. The van der Waals surface area contributed by atoms with E-state index in [1.54, 1.807) is 0 Å². The molecule has 2 N–H and O–H groups in total. The predicted molar refractivity (Wildman–Crippen MR) is 77.4 cm³/mol. The first-order valence-electron chi connectivity index (χ1n) is 6.92. The van der Waals surface area contributed by atoms with Gasteiger partial charge in [-0.05, 0) is 30.4 Å². The Morgan fingerprint density at radius 3 is 2.74 bits per heavy atom. The number of aliphatic carboxylic acids is 1. The molecule has 2 unspecified atom stereocenters. The van der Waals surface area contributed by atoms with Gasteiger partial charge in [0.05, 0.1) is 5.92 Å². The summed E-state index contributed by atoms with van der Waals surface area (Å²) in [4.78, 5) is 14.7. The third kappa shape index (κ3) is 2.98. The quantitative estimate of drug-likeness (QED) is 0.818. The molecule has 2 rings (SSSR count). The lowest BCUT2D eigenvalue weighted by Crippen LogP contribution is -2.12. The molecule has 2 atom stereocenters. The van der Waals surface area contributed by atoms with E-state index < -0.39 is 11.9 Å². The fourth-order valence-electron chi connectivity index (χ4n) is 2.45. The van der Waals surface area contributed by atoms with E-state index in [-0.39, 0.29) is 0 Å². The topological polar surface area (TPSA) is 53.1 Å². The van der Waals surface area contributed by atoms with Crippen LogP contribution in [0.3, 0.4) is 0 Å². The third-order valence-electron chi connectivity index (χ3n) is 3.94. The van der Waals surface area contributed by atoms with Crippen LogP contribution in [0.15, 0.2) is 30.5 Å². The number of fused-ring (bicyclic) bond motifs is 1. The summed E-state index contributed by atoms with van der Waals surface area (Å²) in [7, 11) is 0. The summed E-state index contributed by atoms with van der Waals surface area (Å²) in [5.41, 5.74) is 1.92. The zero-order valence-electron chi connectivity index (χ0n) is 11.5. The zero-order chi connectivity index (χ0) is 13.8. The van der Waals surface area contributed by atoms with Crippen LogP contribution < -0.4 is 0 Å². The Balaban J connectivity index is 2.26. The molecule has 0 amide bonds. The summed E-state index contributed by atoms with van der Waals surface area (Å²) < 4.78 is 0. The maximum Gasteiger partial charge on any atom is 0.311 e. The number of rotatable bonds is 6. The number of nitrogens with one attached hydrogen (secondary N) is 1. The predicted octanol–water partition coefficient (Wildman–Crippen LogP) is 4.16. The molecule has 19 heavy (non-hydrogen) atoms. The second kappa shape index (κ2) is 5.91. The van der Waals surface area contributed by atoms with Gasteiger partial charge in [0, 0.05) is 17.1 Å². The van der Waals surface area contributed by atoms with E-state index in [0.717, 1.165) is 29.3 Å². The second-order valence-electron chi connectivity index (χ2n) is 5.27. The second-order valence-corrected chi connectivity index (χ2v) is 5.27. The first-order valence-corrected chi connectivity index (χ1v) is 6.92. The smallest absolute Gasteiger partial charge is 0.311 e. The molecule has 0 aliphatic heterocycles. The van der Waals surface area contributed by atoms with Crippen molar-refractivity contribution in [3.63, 3.8) is 0 Å². The third-order valence-corrected chi connectivity index (χ3v) is 3.94. The van der Waals surface area contributed by atoms with Crippen LogP contribution in [-0.4, -0.2) is 16.1 Å². The lowest BCUT2D eigenvalue weighted by molar-refractivity contribution is -0.139. The number of carbonyl (C=O) groups is 1. The molecule has 0 bridgehead atoms. The van der Waals surface area contributed by atoms with Gasteiger partial charge >= 0.3 is 5.97 Å². The molecule has 0 saturated heterocycles. The van der Waals surface area contributed by atoms with E-state index in [2.05, 4.69) is 18.8 Å². The molecule has 0 spiro atoms. The Kier molecular flexibility index (Phi) is 4.25. The van der Waals surface area contributed by atoms with Crippen LogP contribution in [0.2, 0.25) is 0 Å². The largest absolute Gasteiger partial charge is 0.481 e. The van der Waals surface area contributed by atoms with E-state index in [1.165, 1.54) is 0 Å². The number of benzene rings is 1. The van der Waals surface area contributed by atoms with Crippen molar-refractivity contribution in [2.75, 3.05) is 0 Å². The lowest BCUT2D eigenvalue weighted by Gasteiger charge is -2.14. The molecule has 1 aromatic carbocycles. The minimum atomic E-state index is -0.729. The summed E-state index contributed by atoms with van der Waals surface area (Å²) in [6.45, 7) is 4.32. The van der Waals surface area contributed by atoms with Gasteiger partial charge in [-0.1, -0.05) is 38.5 Å². The Bertz CT molecular complexity index is 559. The Morgan fingerprint density at radius 2 is 2.05 bits per heavy atom. The van der Waals surface area contributed by atoms with Crippen molar-refractivity contribution in [2.24, 2.45) is 5.92 Å². The summed E-state index contributed by atoms with van der Waals surface area (Å²) >= 11 is 0. The molecule has 3 nitrogen and oxygen atoms in total. The van der Waals surface area contributed by atoms with Crippen LogP contribution in [0.5, 0.6) is 0 Å². The van der Waals surface area contributed by atoms with E-state index in [0.29, 0.717) is 12.3 Å². The highest BCUT2D eigenvalue weighted by Gasteiger charge is 2.23. The van der Waals surface area contributed by atoms with Gasteiger partial charge in [-0.25, -0.2) is 0 Å². The fourth-order valence-corrected chi connectivity index (χ4v) is 2.45. The average molecular weight is 259 g/mol. The molecule has 3 heteroatoms. The van der Waals surface area contributed by atoms with Gasteiger partial charge < -0.3 is 10.1 Å². The lowest BCUT2D eigenvalue weighted by atomic mass is 9.90. The summed E-state index contributed by atoms with van der Waals surface area (Å²) in [6, 6.07) is 7.87. The van der Waals surface area contributed by atoms with E-state index in [4.69, 9.17) is 0 Å². The molecule has 0 aliphatic rings.